The first-order valence-corrected chi connectivity index (χ1v) is 12.6. The molecule has 1 amide bonds. The fourth-order valence-electron chi connectivity index (χ4n) is 4.27. The van der Waals surface area contributed by atoms with Gasteiger partial charge in [0.2, 0.25) is 0 Å². The first-order chi connectivity index (χ1) is 20.1. The topological polar surface area (TPSA) is 120 Å². The zero-order valence-corrected chi connectivity index (χ0v) is 21.7. The van der Waals surface area contributed by atoms with Gasteiger partial charge < -0.3 is 21.1 Å². The number of rotatable bonds is 5. The molecular weight excluding hydrogens is 561 g/mol. The van der Waals surface area contributed by atoms with E-state index in [4.69, 9.17) is 10.5 Å². The molecule has 1 saturated heterocycles. The van der Waals surface area contributed by atoms with Gasteiger partial charge in [-0.15, -0.1) is 0 Å². The van der Waals surface area contributed by atoms with Crippen LogP contribution >= 0.6 is 0 Å². The molecule has 4 aromatic rings. The molecule has 1 fully saturated rings. The van der Waals surface area contributed by atoms with Crippen LogP contribution in [0.4, 0.5) is 33.5 Å². The van der Waals surface area contributed by atoms with E-state index in [9.17, 15) is 22.4 Å². The summed E-state index contributed by atoms with van der Waals surface area (Å²) in [6.07, 6.45) is -0.275. The van der Waals surface area contributed by atoms with Crippen molar-refractivity contribution in [2.24, 2.45) is 5.92 Å². The maximum Gasteiger partial charge on any atom is 0.434 e. The minimum Gasteiger partial charge on any atom is -0.453 e. The number of alkyl halides is 3. The minimum absolute atomic E-state index is 0.102. The maximum absolute atomic E-state index is 15.0. The van der Waals surface area contributed by atoms with E-state index in [1.807, 2.05) is 0 Å². The first-order valence-electron chi connectivity index (χ1n) is 12.6. The fourth-order valence-corrected chi connectivity index (χ4v) is 4.27. The average Bonchev–Trinajstić information content (AvgIpc) is 3.41. The third-order valence-corrected chi connectivity index (χ3v) is 6.31. The molecule has 0 bridgehead atoms. The van der Waals surface area contributed by atoms with E-state index >= 15 is 4.39 Å². The van der Waals surface area contributed by atoms with Crippen LogP contribution in [0.25, 0.3) is 5.82 Å². The molecule has 1 aliphatic rings. The van der Waals surface area contributed by atoms with Gasteiger partial charge in [0.05, 0.1) is 11.8 Å². The molecule has 0 atom stereocenters. The highest BCUT2D eigenvalue weighted by Gasteiger charge is 2.41. The SMILES string of the molecule is Nc1nccc(Oc2ccc(NC(=O)c3cnn(-c4ncccc4F)c3C(F)(F)F)cc2F)c1C#CC1CCNCC1. The lowest BCUT2D eigenvalue weighted by Crippen LogP contribution is -2.26. The minimum atomic E-state index is -5.10. The van der Waals surface area contributed by atoms with Gasteiger partial charge in [-0.3, -0.25) is 4.79 Å². The molecule has 4 N–H and O–H groups in total. The summed E-state index contributed by atoms with van der Waals surface area (Å²) in [6.45, 7) is 1.70. The number of nitrogens with one attached hydrogen (secondary N) is 2. The number of nitrogens with two attached hydrogens (primary N) is 1. The Morgan fingerprint density at radius 2 is 1.86 bits per heavy atom. The number of hydrogen-bond acceptors (Lipinski definition) is 7. The van der Waals surface area contributed by atoms with Crippen LogP contribution in [0.1, 0.15) is 34.5 Å². The van der Waals surface area contributed by atoms with E-state index in [2.05, 4.69) is 37.5 Å². The third kappa shape index (κ3) is 6.16. The monoisotopic (exact) mass is 583 g/mol. The molecule has 3 aromatic heterocycles. The summed E-state index contributed by atoms with van der Waals surface area (Å²) in [6, 6.07) is 6.85. The normalized spacial score (nSPS) is 13.7. The molecule has 0 aliphatic carbocycles. The van der Waals surface area contributed by atoms with Crippen LogP contribution in [0.3, 0.4) is 0 Å². The van der Waals surface area contributed by atoms with Gasteiger partial charge in [-0.2, -0.15) is 18.3 Å². The smallest absolute Gasteiger partial charge is 0.434 e. The van der Waals surface area contributed by atoms with Crippen molar-refractivity contribution in [2.75, 3.05) is 24.1 Å². The number of nitrogen functional groups attached to an aromatic ring is 1. The van der Waals surface area contributed by atoms with Crippen LogP contribution in [-0.2, 0) is 6.18 Å². The fraction of sp³-hybridized carbons (Fsp3) is 0.214. The molecular formula is C28H22F5N7O2. The highest BCUT2D eigenvalue weighted by molar-refractivity contribution is 6.05. The number of carbonyl (C=O) groups is 1. The molecule has 4 heterocycles. The molecule has 0 unspecified atom stereocenters. The van der Waals surface area contributed by atoms with Gasteiger partial charge >= 0.3 is 6.18 Å². The Morgan fingerprint density at radius 1 is 1.07 bits per heavy atom. The molecule has 0 radical (unpaired) electrons. The van der Waals surface area contributed by atoms with Crippen LogP contribution in [0.2, 0.25) is 0 Å². The zero-order chi connectivity index (χ0) is 29.9. The highest BCUT2D eigenvalue weighted by atomic mass is 19.4. The molecule has 14 heteroatoms. The summed E-state index contributed by atoms with van der Waals surface area (Å²) in [4.78, 5) is 20.4. The van der Waals surface area contributed by atoms with E-state index in [1.54, 1.807) is 0 Å². The van der Waals surface area contributed by atoms with E-state index < -0.39 is 40.8 Å². The van der Waals surface area contributed by atoms with Crippen molar-refractivity contribution in [1.82, 2.24) is 25.1 Å². The summed E-state index contributed by atoms with van der Waals surface area (Å²) in [5.41, 5.74) is 3.64. The molecule has 5 rings (SSSR count). The Hall–Kier alpha value is -5.03. The maximum atomic E-state index is 15.0. The van der Waals surface area contributed by atoms with Crippen LogP contribution < -0.4 is 21.1 Å². The zero-order valence-electron chi connectivity index (χ0n) is 21.7. The number of aromatic nitrogens is 4. The summed E-state index contributed by atoms with van der Waals surface area (Å²) in [5.74, 6) is 2.30. The Bertz CT molecular complexity index is 1690. The molecule has 216 valence electrons. The van der Waals surface area contributed by atoms with Crippen molar-refractivity contribution in [1.29, 1.82) is 0 Å². The lowest BCUT2D eigenvalue weighted by molar-refractivity contribution is -0.143. The molecule has 9 nitrogen and oxygen atoms in total. The van der Waals surface area contributed by atoms with Crippen LogP contribution in [0.15, 0.2) is 55.0 Å². The molecule has 1 aromatic carbocycles. The van der Waals surface area contributed by atoms with Gasteiger partial charge in [-0.1, -0.05) is 11.8 Å². The van der Waals surface area contributed by atoms with Crippen LogP contribution in [0.5, 0.6) is 11.5 Å². The molecule has 1 aliphatic heterocycles. The molecule has 42 heavy (non-hydrogen) atoms. The Labute approximate surface area is 235 Å². The Morgan fingerprint density at radius 3 is 2.57 bits per heavy atom. The van der Waals surface area contributed by atoms with Crippen molar-refractivity contribution in [2.45, 2.75) is 19.0 Å². The van der Waals surface area contributed by atoms with E-state index in [-0.39, 0.29) is 39.2 Å². The van der Waals surface area contributed by atoms with E-state index in [0.29, 0.717) is 6.20 Å². The summed E-state index contributed by atoms with van der Waals surface area (Å²) < 4.78 is 76.8. The van der Waals surface area contributed by atoms with Gasteiger partial charge in [0.15, 0.2) is 28.9 Å². The van der Waals surface area contributed by atoms with Crippen molar-refractivity contribution in [3.8, 4) is 29.2 Å². The van der Waals surface area contributed by atoms with Crippen LogP contribution in [-0.4, -0.2) is 38.7 Å². The number of piperidine rings is 1. The summed E-state index contributed by atoms with van der Waals surface area (Å²) in [5, 5.41) is 8.98. The highest BCUT2D eigenvalue weighted by Crippen LogP contribution is 2.35. The quantitative estimate of drug-likeness (QED) is 0.225. The molecule has 0 spiro atoms. The number of carbonyl (C=O) groups excluding carboxylic acids is 1. The number of anilines is 2. The predicted molar refractivity (Wildman–Crippen MR) is 142 cm³/mol. The number of ether oxygens (including phenoxy) is 1. The lowest BCUT2D eigenvalue weighted by Gasteiger charge is -2.17. The van der Waals surface area contributed by atoms with Gasteiger partial charge in [-0.25, -0.2) is 23.4 Å². The van der Waals surface area contributed by atoms with Gasteiger partial charge in [0, 0.05) is 36.1 Å². The van der Waals surface area contributed by atoms with E-state index in [0.717, 1.165) is 44.3 Å². The number of halogens is 5. The number of amides is 1. The number of benzene rings is 1. The first kappa shape index (κ1) is 28.5. The van der Waals surface area contributed by atoms with Crippen molar-refractivity contribution < 1.29 is 31.5 Å². The number of nitrogens with zero attached hydrogens (tertiary/aromatic N) is 4. The summed E-state index contributed by atoms with van der Waals surface area (Å²) in [7, 11) is 0. The average molecular weight is 584 g/mol. The number of hydrogen-bond donors (Lipinski definition) is 3. The second-order valence-corrected chi connectivity index (χ2v) is 9.19. The van der Waals surface area contributed by atoms with E-state index in [1.165, 1.54) is 30.5 Å². The van der Waals surface area contributed by atoms with Crippen molar-refractivity contribution >= 4 is 17.4 Å². The van der Waals surface area contributed by atoms with Crippen LogP contribution in [0, 0.1) is 29.4 Å². The van der Waals surface area contributed by atoms with Gasteiger partial charge in [-0.05, 0) is 50.2 Å². The Balaban J connectivity index is 1.37. The second kappa shape index (κ2) is 11.8. The Kier molecular flexibility index (Phi) is 8.03. The lowest BCUT2D eigenvalue weighted by atomic mass is 9.98. The molecule has 0 saturated carbocycles. The van der Waals surface area contributed by atoms with Crippen molar-refractivity contribution in [3.05, 3.63) is 83.4 Å². The largest absolute Gasteiger partial charge is 0.453 e. The second-order valence-electron chi connectivity index (χ2n) is 9.19. The van der Waals surface area contributed by atoms with Gasteiger partial charge in [0.1, 0.15) is 17.1 Å². The van der Waals surface area contributed by atoms with Crippen molar-refractivity contribution in [3.63, 3.8) is 0 Å². The summed E-state index contributed by atoms with van der Waals surface area (Å²) >= 11 is 0. The van der Waals surface area contributed by atoms with Gasteiger partial charge in [0.25, 0.3) is 5.91 Å². The predicted octanol–water partition coefficient (Wildman–Crippen LogP) is 4.94. The number of pyridine rings is 2. The standard InChI is InChI=1S/C28H22F5N7O2/c29-20-2-1-10-37-26(20)40-24(28(31,32)33)19(15-38-40)27(41)39-17-4-6-23(21(30)14-17)42-22-9-13-36-25(34)18(22)5-3-16-7-11-35-12-8-16/h1-2,4,6,9-10,13-16,35H,7-8,11-12H2,(H2,34,36)(H,39,41). The third-order valence-electron chi connectivity index (χ3n) is 6.31.